The van der Waals surface area contributed by atoms with Gasteiger partial charge < -0.3 is 10.0 Å². The van der Waals surface area contributed by atoms with Crippen molar-refractivity contribution in [2.45, 2.75) is 45.4 Å². The minimum Gasteiger partial charge on any atom is -0.396 e. The second kappa shape index (κ2) is 7.60. The average molecular weight is 289 g/mol. The van der Waals surface area contributed by atoms with Crippen molar-refractivity contribution in [1.29, 1.82) is 0 Å². The fraction of sp³-hybridized carbons (Fsp3) is 0.611. The molecular weight excluding hydrogens is 262 g/mol. The number of hydrogen-bond donors (Lipinski definition) is 1. The summed E-state index contributed by atoms with van der Waals surface area (Å²) in [5.41, 5.74) is 2.57. The van der Waals surface area contributed by atoms with Gasteiger partial charge in [0, 0.05) is 26.1 Å². The van der Waals surface area contributed by atoms with Crippen molar-refractivity contribution in [3.63, 3.8) is 0 Å². The molecule has 0 bridgehead atoms. The monoisotopic (exact) mass is 289 g/mol. The zero-order valence-corrected chi connectivity index (χ0v) is 13.2. The van der Waals surface area contributed by atoms with Crippen molar-refractivity contribution < 1.29 is 9.90 Å². The maximum absolute atomic E-state index is 12.3. The second-order valence-corrected chi connectivity index (χ2v) is 6.43. The first-order valence-corrected chi connectivity index (χ1v) is 8.07. The number of carbonyl (C=O) groups excluding carboxylic acids is 1. The summed E-state index contributed by atoms with van der Waals surface area (Å²) in [6.07, 6.45) is 3.42. The summed E-state index contributed by atoms with van der Waals surface area (Å²) >= 11 is 0. The van der Waals surface area contributed by atoms with Crippen LogP contribution in [0.4, 0.5) is 0 Å². The number of piperidine rings is 1. The van der Waals surface area contributed by atoms with Crippen molar-refractivity contribution >= 4 is 5.91 Å². The molecule has 1 aliphatic rings. The molecule has 1 fully saturated rings. The number of aryl methyl sites for hydroxylation is 1. The summed E-state index contributed by atoms with van der Waals surface area (Å²) in [4.78, 5) is 14.2. The van der Waals surface area contributed by atoms with Crippen LogP contribution in [0.25, 0.3) is 0 Å². The molecule has 0 saturated carbocycles. The van der Waals surface area contributed by atoms with Crippen molar-refractivity contribution in [3.8, 4) is 0 Å². The van der Waals surface area contributed by atoms with Gasteiger partial charge in [-0.25, -0.2) is 0 Å². The quantitative estimate of drug-likeness (QED) is 0.905. The number of carbonyl (C=O) groups is 1. The molecule has 1 atom stereocenters. The Morgan fingerprint density at radius 2 is 2.05 bits per heavy atom. The van der Waals surface area contributed by atoms with E-state index in [1.807, 2.05) is 4.90 Å². The molecule has 0 aliphatic carbocycles. The van der Waals surface area contributed by atoms with Crippen LogP contribution in [-0.2, 0) is 11.2 Å². The Labute approximate surface area is 128 Å². The Balaban J connectivity index is 1.83. The van der Waals surface area contributed by atoms with Crippen LogP contribution in [0, 0.1) is 5.92 Å². The van der Waals surface area contributed by atoms with Gasteiger partial charge in [0.1, 0.15) is 0 Å². The Bertz CT molecular complexity index is 453. The highest BCUT2D eigenvalue weighted by Crippen LogP contribution is 2.18. The predicted molar refractivity (Wildman–Crippen MR) is 85.2 cm³/mol. The maximum Gasteiger partial charge on any atom is 0.222 e. The van der Waals surface area contributed by atoms with Gasteiger partial charge in [-0.3, -0.25) is 4.79 Å². The zero-order chi connectivity index (χ0) is 15.2. The molecule has 2 rings (SSSR count). The van der Waals surface area contributed by atoms with E-state index in [0.29, 0.717) is 12.3 Å². The fourth-order valence-electron chi connectivity index (χ4n) is 2.92. The average Bonchev–Trinajstić information content (AvgIpc) is 2.53. The van der Waals surface area contributed by atoms with E-state index >= 15 is 0 Å². The molecule has 1 N–H and O–H groups in total. The van der Waals surface area contributed by atoms with E-state index in [2.05, 4.69) is 38.1 Å². The third-order valence-corrected chi connectivity index (χ3v) is 4.40. The number of benzene rings is 1. The number of aliphatic hydroxyl groups excluding tert-OH is 1. The Morgan fingerprint density at radius 1 is 1.33 bits per heavy atom. The third kappa shape index (κ3) is 4.57. The largest absolute Gasteiger partial charge is 0.396 e. The summed E-state index contributed by atoms with van der Waals surface area (Å²) in [6.45, 7) is 6.14. The molecule has 1 aliphatic heterocycles. The van der Waals surface area contributed by atoms with E-state index in [0.717, 1.165) is 32.4 Å². The first kappa shape index (κ1) is 16.0. The summed E-state index contributed by atoms with van der Waals surface area (Å²) < 4.78 is 0. The summed E-state index contributed by atoms with van der Waals surface area (Å²) in [7, 11) is 0. The van der Waals surface area contributed by atoms with Crippen LogP contribution in [0.1, 0.15) is 50.2 Å². The Morgan fingerprint density at radius 3 is 2.67 bits per heavy atom. The van der Waals surface area contributed by atoms with Crippen LogP contribution in [0.15, 0.2) is 24.3 Å². The summed E-state index contributed by atoms with van der Waals surface area (Å²) in [5.74, 6) is 1.04. The van der Waals surface area contributed by atoms with Crippen LogP contribution in [0.5, 0.6) is 0 Å². The lowest BCUT2D eigenvalue weighted by Gasteiger charge is -2.32. The van der Waals surface area contributed by atoms with E-state index in [9.17, 15) is 9.90 Å². The predicted octanol–water partition coefficient (Wildman–Crippen LogP) is 2.97. The minimum absolute atomic E-state index is 0.195. The van der Waals surface area contributed by atoms with Crippen LogP contribution in [0.3, 0.4) is 0 Å². The van der Waals surface area contributed by atoms with E-state index in [-0.39, 0.29) is 18.4 Å². The molecule has 1 heterocycles. The van der Waals surface area contributed by atoms with E-state index < -0.39 is 0 Å². The number of amides is 1. The SMILES string of the molecule is CC(C)c1ccc(CCC(=O)N2CCCC(CO)C2)cc1. The van der Waals surface area contributed by atoms with Gasteiger partial charge in [-0.05, 0) is 42.2 Å². The standard InChI is InChI=1S/C18H27NO2/c1-14(2)17-8-5-15(6-9-17)7-10-18(21)19-11-3-4-16(12-19)13-20/h5-6,8-9,14,16,20H,3-4,7,10-13H2,1-2H3. The fourth-order valence-corrected chi connectivity index (χ4v) is 2.92. The zero-order valence-electron chi connectivity index (χ0n) is 13.2. The first-order valence-electron chi connectivity index (χ1n) is 8.07. The molecule has 1 aromatic carbocycles. The van der Waals surface area contributed by atoms with Crippen LogP contribution in [0.2, 0.25) is 0 Å². The van der Waals surface area contributed by atoms with Gasteiger partial charge in [0.05, 0.1) is 0 Å². The van der Waals surface area contributed by atoms with Gasteiger partial charge in [-0.1, -0.05) is 38.1 Å². The second-order valence-electron chi connectivity index (χ2n) is 6.43. The number of likely N-dealkylation sites (tertiary alicyclic amines) is 1. The molecule has 0 spiro atoms. The van der Waals surface area contributed by atoms with Crippen LogP contribution in [-0.4, -0.2) is 35.6 Å². The molecule has 1 unspecified atom stereocenters. The molecule has 116 valence electrons. The third-order valence-electron chi connectivity index (χ3n) is 4.40. The lowest BCUT2D eigenvalue weighted by molar-refractivity contribution is -0.133. The molecule has 1 saturated heterocycles. The molecule has 3 nitrogen and oxygen atoms in total. The van der Waals surface area contributed by atoms with Gasteiger partial charge in [-0.15, -0.1) is 0 Å². The topological polar surface area (TPSA) is 40.5 Å². The van der Waals surface area contributed by atoms with Crippen molar-refractivity contribution in [1.82, 2.24) is 4.90 Å². The number of aliphatic hydroxyl groups is 1. The first-order chi connectivity index (χ1) is 10.1. The van der Waals surface area contributed by atoms with Crippen molar-refractivity contribution in [2.24, 2.45) is 5.92 Å². The molecule has 21 heavy (non-hydrogen) atoms. The summed E-state index contributed by atoms with van der Waals surface area (Å²) in [5, 5.41) is 9.23. The lowest BCUT2D eigenvalue weighted by atomic mass is 9.98. The van der Waals surface area contributed by atoms with E-state index in [1.165, 1.54) is 11.1 Å². The van der Waals surface area contributed by atoms with Gasteiger partial charge in [0.2, 0.25) is 5.91 Å². The smallest absolute Gasteiger partial charge is 0.222 e. The van der Waals surface area contributed by atoms with Crippen molar-refractivity contribution in [3.05, 3.63) is 35.4 Å². The number of hydrogen-bond acceptors (Lipinski definition) is 2. The molecular formula is C18H27NO2. The van der Waals surface area contributed by atoms with Crippen LogP contribution < -0.4 is 0 Å². The lowest BCUT2D eigenvalue weighted by Crippen LogP contribution is -2.41. The van der Waals surface area contributed by atoms with Gasteiger partial charge in [-0.2, -0.15) is 0 Å². The van der Waals surface area contributed by atoms with Crippen LogP contribution >= 0.6 is 0 Å². The number of rotatable bonds is 5. The van der Waals surface area contributed by atoms with E-state index in [4.69, 9.17) is 0 Å². The van der Waals surface area contributed by atoms with Gasteiger partial charge in [0.25, 0.3) is 0 Å². The highest BCUT2D eigenvalue weighted by molar-refractivity contribution is 5.76. The van der Waals surface area contributed by atoms with Crippen molar-refractivity contribution in [2.75, 3.05) is 19.7 Å². The molecule has 1 amide bonds. The molecule has 0 aromatic heterocycles. The molecule has 3 heteroatoms. The minimum atomic E-state index is 0.195. The normalized spacial score (nSPS) is 19.0. The Kier molecular flexibility index (Phi) is 5.80. The van der Waals surface area contributed by atoms with E-state index in [1.54, 1.807) is 0 Å². The molecule has 0 radical (unpaired) electrons. The Hall–Kier alpha value is -1.35. The van der Waals surface area contributed by atoms with Gasteiger partial charge in [0.15, 0.2) is 0 Å². The highest BCUT2D eigenvalue weighted by atomic mass is 16.3. The maximum atomic E-state index is 12.3. The molecule has 1 aromatic rings. The summed E-state index contributed by atoms with van der Waals surface area (Å²) in [6, 6.07) is 8.59. The van der Waals surface area contributed by atoms with Gasteiger partial charge >= 0.3 is 0 Å². The highest BCUT2D eigenvalue weighted by Gasteiger charge is 2.22. The number of nitrogens with zero attached hydrogens (tertiary/aromatic N) is 1.